The first-order valence-corrected chi connectivity index (χ1v) is 9.68. The van der Waals surface area contributed by atoms with Crippen molar-refractivity contribution >= 4 is 5.97 Å². The van der Waals surface area contributed by atoms with Crippen LogP contribution >= 0.6 is 0 Å². The molecule has 1 aromatic rings. The number of carbonyl (C=O) groups is 1. The number of benzene rings is 1. The Morgan fingerprint density at radius 3 is 2.48 bits per heavy atom. The molecule has 138 valence electrons. The van der Waals surface area contributed by atoms with Gasteiger partial charge in [-0.3, -0.25) is 4.79 Å². The third-order valence-corrected chi connectivity index (χ3v) is 6.42. The lowest BCUT2D eigenvalue weighted by atomic mass is 9.58. The highest BCUT2D eigenvalue weighted by Crippen LogP contribution is 2.49. The first kappa shape index (κ1) is 18.4. The van der Waals surface area contributed by atoms with Gasteiger partial charge in [0, 0.05) is 6.54 Å². The van der Waals surface area contributed by atoms with Crippen molar-refractivity contribution in [3.8, 4) is 0 Å². The van der Waals surface area contributed by atoms with E-state index in [1.807, 2.05) is 30.3 Å². The third-order valence-electron chi connectivity index (χ3n) is 6.42. The molecule has 1 aliphatic heterocycles. The molecule has 0 amide bonds. The Kier molecular flexibility index (Phi) is 5.49. The van der Waals surface area contributed by atoms with Crippen LogP contribution in [0.15, 0.2) is 30.3 Å². The van der Waals surface area contributed by atoms with Gasteiger partial charge < -0.3 is 15.1 Å². The summed E-state index contributed by atoms with van der Waals surface area (Å²) in [6.45, 7) is 1.99. The van der Waals surface area contributed by atoms with Gasteiger partial charge in [0.2, 0.25) is 0 Å². The first-order chi connectivity index (χ1) is 12.0. The van der Waals surface area contributed by atoms with Crippen molar-refractivity contribution in [1.29, 1.82) is 0 Å². The molecule has 25 heavy (non-hydrogen) atoms. The Morgan fingerprint density at radius 2 is 1.88 bits per heavy atom. The predicted molar refractivity (Wildman–Crippen MR) is 98.6 cm³/mol. The number of piperidine rings is 1. The molecule has 4 nitrogen and oxygen atoms in total. The van der Waals surface area contributed by atoms with Crippen molar-refractivity contribution in [1.82, 2.24) is 4.90 Å². The fourth-order valence-corrected chi connectivity index (χ4v) is 5.15. The molecule has 0 spiro atoms. The van der Waals surface area contributed by atoms with E-state index in [-0.39, 0.29) is 0 Å². The van der Waals surface area contributed by atoms with E-state index in [1.54, 1.807) is 0 Å². The summed E-state index contributed by atoms with van der Waals surface area (Å²) in [5.41, 5.74) is -1.61. The highest BCUT2D eigenvalue weighted by molar-refractivity contribution is 5.83. The van der Waals surface area contributed by atoms with Crippen LogP contribution < -0.4 is 0 Å². The maximum Gasteiger partial charge on any atom is 0.317 e. The molecule has 2 fully saturated rings. The van der Waals surface area contributed by atoms with Gasteiger partial charge in [-0.1, -0.05) is 49.6 Å². The van der Waals surface area contributed by atoms with E-state index in [2.05, 4.69) is 11.9 Å². The highest BCUT2D eigenvalue weighted by Gasteiger charge is 2.57. The number of likely N-dealkylation sites (tertiary alicyclic amines) is 1. The van der Waals surface area contributed by atoms with Crippen LogP contribution in [-0.4, -0.2) is 46.8 Å². The number of aliphatic carboxylic acids is 1. The lowest BCUT2D eigenvalue weighted by molar-refractivity contribution is -0.163. The largest absolute Gasteiger partial charge is 0.480 e. The second-order valence-electron chi connectivity index (χ2n) is 8.14. The normalized spacial score (nSPS) is 26.7. The smallest absolute Gasteiger partial charge is 0.317 e. The van der Waals surface area contributed by atoms with Crippen LogP contribution in [0, 0.1) is 5.92 Å². The topological polar surface area (TPSA) is 60.8 Å². The minimum absolute atomic E-state index is 0.306. The van der Waals surface area contributed by atoms with Crippen molar-refractivity contribution in [2.45, 2.75) is 62.4 Å². The van der Waals surface area contributed by atoms with Gasteiger partial charge in [0.1, 0.15) is 5.41 Å². The number of carboxylic acids is 1. The van der Waals surface area contributed by atoms with Crippen LogP contribution in [0.4, 0.5) is 0 Å². The molecule has 1 aromatic carbocycles. The zero-order chi connectivity index (χ0) is 17.9. The molecule has 0 bridgehead atoms. The monoisotopic (exact) mass is 345 g/mol. The molecule has 2 aliphatic rings. The standard InChI is InChI=1S/C21H31NO3/c1-22-14-8-9-17(16-22)15-21(19(23)24,18-10-4-2-5-11-18)20(25)12-6-3-7-13-20/h2,4-5,10-11,17,25H,3,6-9,12-16H2,1H3,(H,23,24)/t17-,21+/m1/s1. The van der Waals surface area contributed by atoms with Crippen molar-refractivity contribution < 1.29 is 15.0 Å². The summed E-state index contributed by atoms with van der Waals surface area (Å²) in [5, 5.41) is 22.0. The molecule has 2 N–H and O–H groups in total. The minimum Gasteiger partial charge on any atom is -0.480 e. The van der Waals surface area contributed by atoms with Gasteiger partial charge in [0.15, 0.2) is 0 Å². The lowest BCUT2D eigenvalue weighted by Gasteiger charge is -2.49. The predicted octanol–water partition coefficient (Wildman–Crippen LogP) is 3.44. The Morgan fingerprint density at radius 1 is 1.20 bits per heavy atom. The van der Waals surface area contributed by atoms with Crippen LogP contribution in [-0.2, 0) is 10.2 Å². The van der Waals surface area contributed by atoms with E-state index in [9.17, 15) is 15.0 Å². The van der Waals surface area contributed by atoms with Gasteiger partial charge in [-0.2, -0.15) is 0 Å². The van der Waals surface area contributed by atoms with Gasteiger partial charge in [-0.05, 0) is 57.2 Å². The average molecular weight is 345 g/mol. The fourth-order valence-electron chi connectivity index (χ4n) is 5.15. The Bertz CT molecular complexity index is 582. The summed E-state index contributed by atoms with van der Waals surface area (Å²) < 4.78 is 0. The summed E-state index contributed by atoms with van der Waals surface area (Å²) in [6.07, 6.45) is 6.72. The lowest BCUT2D eigenvalue weighted by Crippen LogP contribution is -2.59. The zero-order valence-electron chi connectivity index (χ0n) is 15.3. The Hall–Kier alpha value is -1.39. The van der Waals surface area contributed by atoms with Crippen LogP contribution in [0.3, 0.4) is 0 Å². The maximum absolute atomic E-state index is 12.7. The summed E-state index contributed by atoms with van der Waals surface area (Å²) in [7, 11) is 2.10. The van der Waals surface area contributed by atoms with E-state index in [0.717, 1.165) is 50.8 Å². The quantitative estimate of drug-likeness (QED) is 0.858. The van der Waals surface area contributed by atoms with Crippen molar-refractivity contribution in [2.75, 3.05) is 20.1 Å². The fraction of sp³-hybridized carbons (Fsp3) is 0.667. The van der Waals surface area contributed by atoms with Gasteiger partial charge in [0.25, 0.3) is 0 Å². The number of hydrogen-bond acceptors (Lipinski definition) is 3. The number of nitrogens with zero attached hydrogens (tertiary/aromatic N) is 1. The van der Waals surface area contributed by atoms with Crippen molar-refractivity contribution in [2.24, 2.45) is 5.92 Å². The van der Waals surface area contributed by atoms with Gasteiger partial charge >= 0.3 is 5.97 Å². The van der Waals surface area contributed by atoms with Crippen LogP contribution in [0.25, 0.3) is 0 Å². The van der Waals surface area contributed by atoms with Crippen molar-refractivity contribution in [3.63, 3.8) is 0 Å². The second kappa shape index (κ2) is 7.46. The maximum atomic E-state index is 12.7. The van der Waals surface area contributed by atoms with Crippen molar-refractivity contribution in [3.05, 3.63) is 35.9 Å². The minimum atomic E-state index is -1.21. The Labute approximate surface area is 150 Å². The molecular weight excluding hydrogens is 314 g/mol. The molecule has 1 saturated heterocycles. The number of aliphatic hydroxyl groups is 1. The molecule has 3 rings (SSSR count). The molecule has 1 heterocycles. The summed E-state index contributed by atoms with van der Waals surface area (Å²) in [6, 6.07) is 9.49. The van der Waals surface area contributed by atoms with E-state index in [4.69, 9.17) is 0 Å². The van der Waals surface area contributed by atoms with Crippen LogP contribution in [0.2, 0.25) is 0 Å². The zero-order valence-corrected chi connectivity index (χ0v) is 15.3. The van der Waals surface area contributed by atoms with E-state index < -0.39 is 17.0 Å². The second-order valence-corrected chi connectivity index (χ2v) is 8.14. The summed E-state index contributed by atoms with van der Waals surface area (Å²) in [4.78, 5) is 15.0. The third kappa shape index (κ3) is 3.47. The van der Waals surface area contributed by atoms with Crippen LogP contribution in [0.5, 0.6) is 0 Å². The highest BCUT2D eigenvalue weighted by atomic mass is 16.4. The van der Waals surface area contributed by atoms with E-state index in [0.29, 0.717) is 25.2 Å². The number of rotatable bonds is 5. The molecule has 0 radical (unpaired) electrons. The molecule has 0 unspecified atom stereocenters. The summed E-state index contributed by atoms with van der Waals surface area (Å²) in [5.74, 6) is -0.558. The van der Waals surface area contributed by atoms with E-state index >= 15 is 0 Å². The Balaban J connectivity index is 2.03. The van der Waals surface area contributed by atoms with Gasteiger partial charge in [-0.25, -0.2) is 0 Å². The molecule has 0 aromatic heterocycles. The molecular formula is C21H31NO3. The number of hydrogen-bond donors (Lipinski definition) is 2. The SMILES string of the molecule is CN1CCC[C@H](C[C@@](C(=O)O)(c2ccccc2)C2(O)CCCCC2)C1. The summed E-state index contributed by atoms with van der Waals surface area (Å²) >= 11 is 0. The van der Waals surface area contributed by atoms with E-state index in [1.165, 1.54) is 0 Å². The molecule has 1 saturated carbocycles. The number of carboxylic acid groups (broad SMARTS) is 1. The molecule has 4 heteroatoms. The average Bonchev–Trinajstić information content (AvgIpc) is 2.60. The molecule has 2 atom stereocenters. The first-order valence-electron chi connectivity index (χ1n) is 9.68. The van der Waals surface area contributed by atoms with Gasteiger partial charge in [-0.15, -0.1) is 0 Å². The van der Waals surface area contributed by atoms with Crippen LogP contribution in [0.1, 0.15) is 56.9 Å². The molecule has 1 aliphatic carbocycles. The van der Waals surface area contributed by atoms with Gasteiger partial charge in [0.05, 0.1) is 5.60 Å².